The summed E-state index contributed by atoms with van der Waals surface area (Å²) in [6.07, 6.45) is 0.00439. The predicted octanol–water partition coefficient (Wildman–Crippen LogP) is 1.77. The number of ether oxygens (including phenoxy) is 1. The van der Waals surface area contributed by atoms with Gasteiger partial charge in [0.1, 0.15) is 23.9 Å². The summed E-state index contributed by atoms with van der Waals surface area (Å²) in [6.45, 7) is 3.16. The smallest absolute Gasteiger partial charge is 0.423 e. The first-order chi connectivity index (χ1) is 16.2. The lowest BCUT2D eigenvalue weighted by Crippen LogP contribution is -2.49. The number of nitrogens with zero attached hydrogens (tertiary/aromatic N) is 6. The van der Waals surface area contributed by atoms with E-state index in [1.807, 2.05) is 11.0 Å². The SMILES string of the molecule is C[C@@H](/C=C/COC(=O)N1CCN(c2nccc(C#N)n2)CC1)Nc1cn[nH]c(=O)c1C(F)(F)F. The first kappa shape index (κ1) is 24.5. The molecule has 1 atom stereocenters. The van der Waals surface area contributed by atoms with E-state index in [9.17, 15) is 22.8 Å². The summed E-state index contributed by atoms with van der Waals surface area (Å²) in [5.41, 5.74) is -2.90. The molecule has 0 spiro atoms. The zero-order valence-electron chi connectivity index (χ0n) is 18.0. The molecule has 2 aromatic heterocycles. The summed E-state index contributed by atoms with van der Waals surface area (Å²) < 4.78 is 44.5. The van der Waals surface area contributed by atoms with Crippen LogP contribution in [0.3, 0.4) is 0 Å². The molecule has 1 amide bonds. The van der Waals surface area contributed by atoms with Crippen molar-refractivity contribution in [3.8, 4) is 6.07 Å². The molecule has 0 aliphatic carbocycles. The molecule has 2 N–H and O–H groups in total. The Kier molecular flexibility index (Phi) is 7.67. The van der Waals surface area contributed by atoms with Crippen LogP contribution < -0.4 is 15.8 Å². The van der Waals surface area contributed by atoms with E-state index in [-0.39, 0.29) is 12.3 Å². The highest BCUT2D eigenvalue weighted by Gasteiger charge is 2.37. The van der Waals surface area contributed by atoms with Crippen molar-refractivity contribution in [2.45, 2.75) is 19.1 Å². The van der Waals surface area contributed by atoms with Gasteiger partial charge in [0.2, 0.25) is 5.95 Å². The third kappa shape index (κ3) is 6.21. The molecule has 180 valence electrons. The van der Waals surface area contributed by atoms with Crippen LogP contribution in [-0.4, -0.2) is 70.0 Å². The van der Waals surface area contributed by atoms with Gasteiger partial charge in [-0.1, -0.05) is 6.08 Å². The molecule has 0 bridgehead atoms. The topological polar surface area (TPSA) is 140 Å². The highest BCUT2D eigenvalue weighted by Crippen LogP contribution is 2.31. The molecular weight excluding hydrogens is 457 g/mol. The van der Waals surface area contributed by atoms with E-state index in [0.717, 1.165) is 6.20 Å². The fourth-order valence-electron chi connectivity index (χ4n) is 3.20. The Bertz CT molecular complexity index is 1140. The van der Waals surface area contributed by atoms with Gasteiger partial charge in [-0.05, 0) is 19.1 Å². The molecule has 3 heterocycles. The molecule has 11 nitrogen and oxygen atoms in total. The van der Waals surface area contributed by atoms with Crippen LogP contribution in [0.5, 0.6) is 0 Å². The minimum absolute atomic E-state index is 0.0852. The van der Waals surface area contributed by atoms with E-state index in [0.29, 0.717) is 32.1 Å². The number of hydrogen-bond donors (Lipinski definition) is 2. The predicted molar refractivity (Wildman–Crippen MR) is 114 cm³/mol. The van der Waals surface area contributed by atoms with Crippen LogP contribution in [0.1, 0.15) is 18.2 Å². The number of nitrogens with one attached hydrogen (secondary N) is 2. The summed E-state index contributed by atoms with van der Waals surface area (Å²) in [7, 11) is 0. The van der Waals surface area contributed by atoms with E-state index in [4.69, 9.17) is 10.00 Å². The van der Waals surface area contributed by atoms with Crippen LogP contribution in [0.25, 0.3) is 0 Å². The maximum Gasteiger partial charge on any atom is 0.423 e. The maximum absolute atomic E-state index is 13.1. The van der Waals surface area contributed by atoms with Gasteiger partial charge in [-0.3, -0.25) is 4.79 Å². The second kappa shape index (κ2) is 10.6. The minimum atomic E-state index is -4.84. The summed E-state index contributed by atoms with van der Waals surface area (Å²) in [5.74, 6) is 0.417. The Morgan fingerprint density at radius 1 is 1.38 bits per heavy atom. The number of halogens is 3. The Labute approximate surface area is 191 Å². The van der Waals surface area contributed by atoms with E-state index < -0.39 is 35.1 Å². The number of anilines is 2. The molecule has 0 aromatic carbocycles. The first-order valence-corrected chi connectivity index (χ1v) is 10.2. The number of rotatable bonds is 6. The lowest BCUT2D eigenvalue weighted by Gasteiger charge is -2.33. The normalized spacial score (nSPS) is 15.1. The van der Waals surface area contributed by atoms with Crippen LogP contribution in [0, 0.1) is 11.3 Å². The summed E-state index contributed by atoms with van der Waals surface area (Å²) in [5, 5.41) is 16.7. The zero-order valence-corrected chi connectivity index (χ0v) is 18.0. The van der Waals surface area contributed by atoms with Gasteiger partial charge < -0.3 is 19.9 Å². The minimum Gasteiger partial charge on any atom is -0.445 e. The van der Waals surface area contributed by atoms with Gasteiger partial charge in [0.05, 0.1) is 11.9 Å². The molecule has 34 heavy (non-hydrogen) atoms. The number of nitriles is 1. The summed E-state index contributed by atoms with van der Waals surface area (Å²) >= 11 is 0. The van der Waals surface area contributed by atoms with Gasteiger partial charge in [-0.15, -0.1) is 0 Å². The van der Waals surface area contributed by atoms with Gasteiger partial charge in [0, 0.05) is 38.4 Å². The van der Waals surface area contributed by atoms with E-state index in [1.165, 1.54) is 29.3 Å². The number of aromatic amines is 1. The van der Waals surface area contributed by atoms with Crippen molar-refractivity contribution in [2.24, 2.45) is 0 Å². The number of carbonyl (C=O) groups excluding carboxylic acids is 1. The third-order valence-corrected chi connectivity index (χ3v) is 4.83. The second-order valence-corrected chi connectivity index (χ2v) is 7.25. The fourth-order valence-corrected chi connectivity index (χ4v) is 3.20. The Morgan fingerprint density at radius 2 is 2.12 bits per heavy atom. The molecule has 14 heteroatoms. The number of alkyl halides is 3. The Hall–Kier alpha value is -4.15. The van der Waals surface area contributed by atoms with Crippen molar-refractivity contribution in [1.29, 1.82) is 5.26 Å². The lowest BCUT2D eigenvalue weighted by molar-refractivity contribution is -0.138. The van der Waals surface area contributed by atoms with E-state index >= 15 is 0 Å². The molecular formula is C20H21F3N8O3. The maximum atomic E-state index is 13.1. The number of amides is 1. The average molecular weight is 478 g/mol. The highest BCUT2D eigenvalue weighted by atomic mass is 19.4. The summed E-state index contributed by atoms with van der Waals surface area (Å²) in [4.78, 5) is 35.4. The van der Waals surface area contributed by atoms with Gasteiger partial charge >= 0.3 is 12.3 Å². The molecule has 1 aliphatic rings. The number of aromatic nitrogens is 4. The highest BCUT2D eigenvalue weighted by molar-refractivity contribution is 5.68. The van der Waals surface area contributed by atoms with Crippen LogP contribution in [0.15, 0.2) is 35.4 Å². The van der Waals surface area contributed by atoms with E-state index in [1.54, 1.807) is 12.0 Å². The van der Waals surface area contributed by atoms with Crippen LogP contribution in [-0.2, 0) is 10.9 Å². The monoisotopic (exact) mass is 478 g/mol. The average Bonchev–Trinajstić information content (AvgIpc) is 2.81. The number of piperazine rings is 1. The molecule has 1 saturated heterocycles. The number of carbonyl (C=O) groups is 1. The molecule has 1 aliphatic heterocycles. The fraction of sp³-hybridized carbons (Fsp3) is 0.400. The number of H-pyrrole nitrogens is 1. The zero-order chi connectivity index (χ0) is 24.7. The van der Waals surface area contributed by atoms with Gasteiger partial charge in [0.15, 0.2) is 0 Å². The van der Waals surface area contributed by atoms with Crippen molar-refractivity contribution in [1.82, 2.24) is 25.1 Å². The van der Waals surface area contributed by atoms with Crippen molar-refractivity contribution in [3.05, 3.63) is 52.2 Å². The van der Waals surface area contributed by atoms with E-state index in [2.05, 4.69) is 20.4 Å². The van der Waals surface area contributed by atoms with Crippen molar-refractivity contribution in [3.63, 3.8) is 0 Å². The number of hydrogen-bond acceptors (Lipinski definition) is 9. The largest absolute Gasteiger partial charge is 0.445 e. The van der Waals surface area contributed by atoms with Crippen LogP contribution in [0.2, 0.25) is 0 Å². The van der Waals surface area contributed by atoms with Gasteiger partial charge in [0.25, 0.3) is 5.56 Å². The molecule has 2 aromatic rings. The Morgan fingerprint density at radius 3 is 2.79 bits per heavy atom. The van der Waals surface area contributed by atoms with Crippen molar-refractivity contribution in [2.75, 3.05) is 43.0 Å². The van der Waals surface area contributed by atoms with Crippen LogP contribution >= 0.6 is 0 Å². The standard InChI is InChI=1S/C20H21F3N8O3/c1-13(27-15-12-26-29-17(32)16(15)20(21,22)23)3-2-10-34-19(33)31-8-6-30(7-9-31)18-25-5-4-14(11-24)28-18/h2-5,12-13H,6-10H2,1H3,(H2,27,29,32)/b3-2+/t13-/m0/s1. The first-order valence-electron chi connectivity index (χ1n) is 10.2. The third-order valence-electron chi connectivity index (χ3n) is 4.83. The van der Waals surface area contributed by atoms with Gasteiger partial charge in [-0.2, -0.15) is 23.5 Å². The van der Waals surface area contributed by atoms with Gasteiger partial charge in [-0.25, -0.2) is 19.9 Å². The molecule has 0 radical (unpaired) electrons. The Balaban J connectivity index is 1.46. The second-order valence-electron chi connectivity index (χ2n) is 7.25. The quantitative estimate of drug-likeness (QED) is 0.594. The lowest BCUT2D eigenvalue weighted by atomic mass is 10.2. The molecule has 0 saturated carbocycles. The molecule has 1 fully saturated rings. The van der Waals surface area contributed by atoms with Crippen molar-refractivity contribution >= 4 is 17.7 Å². The van der Waals surface area contributed by atoms with Crippen molar-refractivity contribution < 1.29 is 22.7 Å². The summed E-state index contributed by atoms with van der Waals surface area (Å²) in [6, 6.07) is 2.86. The van der Waals surface area contributed by atoms with Crippen LogP contribution in [0.4, 0.5) is 29.6 Å². The molecule has 3 rings (SSSR count). The molecule has 0 unspecified atom stereocenters.